The maximum Gasteiger partial charge on any atom is 0.252 e. The number of ether oxygens (including phenoxy) is 1. The van der Waals surface area contributed by atoms with Gasteiger partial charge in [-0.15, -0.1) is 0 Å². The Morgan fingerprint density at radius 2 is 2.00 bits per heavy atom. The number of aliphatic hydroxyl groups is 1. The van der Waals surface area contributed by atoms with Crippen LogP contribution in [0.1, 0.15) is 18.4 Å². The van der Waals surface area contributed by atoms with Crippen molar-refractivity contribution in [3.8, 4) is 5.75 Å². The molecule has 0 unspecified atom stereocenters. The molecule has 2 bridgehead atoms. The van der Waals surface area contributed by atoms with E-state index in [2.05, 4.69) is 11.0 Å². The van der Waals surface area contributed by atoms with Crippen molar-refractivity contribution in [3.05, 3.63) is 35.5 Å². The number of piperidine rings is 3. The van der Waals surface area contributed by atoms with Crippen LogP contribution in [0.2, 0.25) is 0 Å². The van der Waals surface area contributed by atoms with E-state index in [1.165, 1.54) is 0 Å². The molecule has 0 radical (unpaired) electrons. The van der Waals surface area contributed by atoms with Crippen LogP contribution in [-0.2, 0) is 0 Å². The van der Waals surface area contributed by atoms with Crippen molar-refractivity contribution in [2.45, 2.75) is 18.6 Å². The molecule has 3 saturated heterocycles. The van der Waals surface area contributed by atoms with Crippen LogP contribution in [0.5, 0.6) is 5.75 Å². The van der Waals surface area contributed by atoms with E-state index in [-0.39, 0.29) is 5.92 Å². The van der Waals surface area contributed by atoms with Gasteiger partial charge in [0.25, 0.3) is 5.79 Å². The molecular formula is C14H15NO2. The first-order valence-electron chi connectivity index (χ1n) is 6.25. The normalized spacial score (nSPS) is 33.6. The minimum Gasteiger partial charge on any atom is -0.456 e. The number of hydrogen-bond acceptors (Lipinski definition) is 3. The average Bonchev–Trinajstić information content (AvgIpc) is 2.37. The first-order chi connectivity index (χ1) is 8.27. The lowest BCUT2D eigenvalue weighted by Crippen LogP contribution is -2.60. The van der Waals surface area contributed by atoms with Gasteiger partial charge in [0, 0.05) is 24.6 Å². The standard InChI is InChI=1S/C14H15NO2/c16-14-11-5-7-15(8-6-11)13(14)9-10-3-1-2-4-12(10)17-14/h1-4,9,11,16H,5-8H2/t14-/m0/s1. The third kappa shape index (κ3) is 1.15. The molecule has 4 heterocycles. The van der Waals surface area contributed by atoms with Crippen molar-refractivity contribution in [1.82, 2.24) is 4.90 Å². The van der Waals surface area contributed by atoms with Gasteiger partial charge in [-0.2, -0.15) is 0 Å². The van der Waals surface area contributed by atoms with Gasteiger partial charge in [0.2, 0.25) is 0 Å². The molecule has 1 N–H and O–H groups in total. The van der Waals surface area contributed by atoms with Crippen LogP contribution in [0.4, 0.5) is 0 Å². The molecule has 1 aromatic rings. The van der Waals surface area contributed by atoms with Gasteiger partial charge in [-0.05, 0) is 25.0 Å². The van der Waals surface area contributed by atoms with Crippen molar-refractivity contribution in [3.63, 3.8) is 0 Å². The van der Waals surface area contributed by atoms with E-state index in [0.29, 0.717) is 0 Å². The summed E-state index contributed by atoms with van der Waals surface area (Å²) in [5.74, 6) is -0.0372. The molecule has 3 heteroatoms. The fourth-order valence-electron chi connectivity index (χ4n) is 3.29. The monoisotopic (exact) mass is 229 g/mol. The van der Waals surface area contributed by atoms with E-state index in [4.69, 9.17) is 4.74 Å². The van der Waals surface area contributed by atoms with E-state index in [1.54, 1.807) is 0 Å². The lowest BCUT2D eigenvalue weighted by molar-refractivity contribution is -0.198. The van der Waals surface area contributed by atoms with Crippen molar-refractivity contribution < 1.29 is 9.84 Å². The largest absolute Gasteiger partial charge is 0.456 e. The Kier molecular flexibility index (Phi) is 1.71. The zero-order valence-electron chi connectivity index (χ0n) is 9.60. The van der Waals surface area contributed by atoms with Crippen molar-refractivity contribution >= 4 is 6.08 Å². The van der Waals surface area contributed by atoms with E-state index in [9.17, 15) is 5.11 Å². The molecule has 88 valence electrons. The van der Waals surface area contributed by atoms with Gasteiger partial charge in [0.15, 0.2) is 0 Å². The van der Waals surface area contributed by atoms with Crippen LogP contribution >= 0.6 is 0 Å². The molecule has 3 nitrogen and oxygen atoms in total. The van der Waals surface area contributed by atoms with Crippen LogP contribution < -0.4 is 4.74 Å². The van der Waals surface area contributed by atoms with Crippen molar-refractivity contribution in [2.75, 3.05) is 13.1 Å². The number of benzene rings is 1. The summed E-state index contributed by atoms with van der Waals surface area (Å²) in [7, 11) is 0. The molecule has 0 amide bonds. The molecule has 0 aromatic heterocycles. The Bertz CT molecular complexity index is 503. The summed E-state index contributed by atoms with van der Waals surface area (Å²) in [5, 5.41) is 10.8. The molecule has 0 aliphatic carbocycles. The van der Waals surface area contributed by atoms with Crippen molar-refractivity contribution in [1.29, 1.82) is 0 Å². The number of nitrogens with zero attached hydrogens (tertiary/aromatic N) is 1. The number of fused-ring (bicyclic) bond motifs is 3. The lowest BCUT2D eigenvalue weighted by atomic mass is 9.79. The second-order valence-corrected chi connectivity index (χ2v) is 5.13. The summed E-state index contributed by atoms with van der Waals surface area (Å²) in [6.07, 6.45) is 4.14. The van der Waals surface area contributed by atoms with Crippen molar-refractivity contribution in [2.24, 2.45) is 5.92 Å². The molecule has 0 spiro atoms. The van der Waals surface area contributed by atoms with Gasteiger partial charge in [-0.25, -0.2) is 0 Å². The highest BCUT2D eigenvalue weighted by Crippen LogP contribution is 2.47. The van der Waals surface area contributed by atoms with Gasteiger partial charge in [0.05, 0.1) is 5.70 Å². The Morgan fingerprint density at radius 3 is 2.82 bits per heavy atom. The molecule has 1 aromatic carbocycles. The van der Waals surface area contributed by atoms with E-state index >= 15 is 0 Å². The zero-order valence-corrected chi connectivity index (χ0v) is 9.60. The summed E-state index contributed by atoms with van der Waals surface area (Å²) >= 11 is 0. The summed E-state index contributed by atoms with van der Waals surface area (Å²) < 4.78 is 5.90. The van der Waals surface area contributed by atoms with Crippen LogP contribution in [-0.4, -0.2) is 28.9 Å². The van der Waals surface area contributed by atoms with Gasteiger partial charge >= 0.3 is 0 Å². The van der Waals surface area contributed by atoms with E-state index in [1.807, 2.05) is 24.3 Å². The third-order valence-corrected chi connectivity index (χ3v) is 4.23. The fourth-order valence-corrected chi connectivity index (χ4v) is 3.29. The lowest BCUT2D eigenvalue weighted by Gasteiger charge is -2.53. The van der Waals surface area contributed by atoms with Crippen LogP contribution in [0.25, 0.3) is 6.08 Å². The minimum atomic E-state index is -1.08. The zero-order chi connectivity index (χ0) is 11.5. The van der Waals surface area contributed by atoms with Gasteiger partial charge in [-0.1, -0.05) is 18.2 Å². The first-order valence-corrected chi connectivity index (χ1v) is 6.25. The highest BCUT2D eigenvalue weighted by atomic mass is 16.6. The molecule has 4 aliphatic heterocycles. The smallest absolute Gasteiger partial charge is 0.252 e. The Labute approximate surface area is 100 Å². The van der Waals surface area contributed by atoms with Crippen LogP contribution in [0, 0.1) is 5.92 Å². The molecule has 4 aliphatic rings. The molecule has 17 heavy (non-hydrogen) atoms. The van der Waals surface area contributed by atoms with E-state index < -0.39 is 5.79 Å². The first kappa shape index (κ1) is 9.54. The number of rotatable bonds is 0. The molecule has 0 saturated carbocycles. The Hall–Kier alpha value is -1.48. The molecule has 3 fully saturated rings. The van der Waals surface area contributed by atoms with Crippen LogP contribution in [0.15, 0.2) is 30.0 Å². The quantitative estimate of drug-likeness (QED) is 0.736. The molecule has 5 rings (SSSR count). The number of para-hydroxylation sites is 1. The second kappa shape index (κ2) is 3.05. The molecular weight excluding hydrogens is 214 g/mol. The summed E-state index contributed by atoms with van der Waals surface area (Å²) in [6, 6.07) is 7.91. The maximum absolute atomic E-state index is 10.8. The summed E-state index contributed by atoms with van der Waals surface area (Å²) in [6.45, 7) is 2.09. The van der Waals surface area contributed by atoms with Gasteiger partial charge in [0.1, 0.15) is 5.75 Å². The third-order valence-electron chi connectivity index (χ3n) is 4.23. The topological polar surface area (TPSA) is 32.7 Å². The Morgan fingerprint density at radius 1 is 1.24 bits per heavy atom. The summed E-state index contributed by atoms with van der Waals surface area (Å²) in [4.78, 5) is 2.26. The van der Waals surface area contributed by atoms with Gasteiger partial charge in [-0.3, -0.25) is 0 Å². The van der Waals surface area contributed by atoms with Gasteiger partial charge < -0.3 is 14.7 Å². The maximum atomic E-state index is 10.8. The second-order valence-electron chi connectivity index (χ2n) is 5.13. The Balaban J connectivity index is 1.90. The number of hydrogen-bond donors (Lipinski definition) is 1. The molecule has 1 atom stereocenters. The summed E-state index contributed by atoms with van der Waals surface area (Å²) in [5.41, 5.74) is 2.03. The average molecular weight is 229 g/mol. The highest BCUT2D eigenvalue weighted by molar-refractivity contribution is 5.64. The fraction of sp³-hybridized carbons (Fsp3) is 0.429. The van der Waals surface area contributed by atoms with E-state index in [0.717, 1.165) is 42.9 Å². The minimum absolute atomic E-state index is 0.243. The predicted octanol–water partition coefficient (Wildman–Crippen LogP) is 1.83. The highest BCUT2D eigenvalue weighted by Gasteiger charge is 2.53. The van der Waals surface area contributed by atoms with Crippen LogP contribution in [0.3, 0.4) is 0 Å². The SMILES string of the molecule is O[C@@]12Oc3ccccc3C=C1N1CCC2CC1. The predicted molar refractivity (Wildman–Crippen MR) is 64.3 cm³/mol.